The van der Waals surface area contributed by atoms with E-state index in [4.69, 9.17) is 10.8 Å². The normalized spacial score (nSPS) is 14.8. The quantitative estimate of drug-likeness (QED) is 0.591. The van der Waals surface area contributed by atoms with Gasteiger partial charge in [-0.05, 0) is 43.2 Å². The molecular formula is C15H14N4S. The van der Waals surface area contributed by atoms with Gasteiger partial charge in [0.25, 0.3) is 0 Å². The summed E-state index contributed by atoms with van der Waals surface area (Å²) in [6, 6.07) is 12.0. The molecule has 2 heterocycles. The fourth-order valence-corrected chi connectivity index (χ4v) is 3.07. The summed E-state index contributed by atoms with van der Waals surface area (Å²) in [7, 11) is 0. The maximum Gasteiger partial charge on any atom is 0.156 e. The van der Waals surface area contributed by atoms with E-state index in [2.05, 4.69) is 11.1 Å². The van der Waals surface area contributed by atoms with Crippen molar-refractivity contribution in [1.29, 1.82) is 0 Å². The number of anilines is 1. The van der Waals surface area contributed by atoms with Crippen LogP contribution in [0.1, 0.15) is 24.5 Å². The molecule has 0 saturated heterocycles. The van der Waals surface area contributed by atoms with E-state index in [1.54, 1.807) is 11.8 Å². The molecule has 0 atom stereocenters. The second kappa shape index (κ2) is 4.52. The van der Waals surface area contributed by atoms with Gasteiger partial charge in [0.2, 0.25) is 0 Å². The first-order valence-corrected chi connectivity index (χ1v) is 7.49. The SMILES string of the molecule is Nc1ccc(Sc2ccnc3cc(C4CC4)nn23)cc1. The first kappa shape index (κ1) is 11.8. The molecule has 1 aromatic carbocycles. The molecule has 0 spiro atoms. The zero-order valence-electron chi connectivity index (χ0n) is 10.9. The van der Waals surface area contributed by atoms with Crippen LogP contribution >= 0.6 is 11.8 Å². The summed E-state index contributed by atoms with van der Waals surface area (Å²) in [6.07, 6.45) is 4.35. The summed E-state index contributed by atoms with van der Waals surface area (Å²) in [5.41, 5.74) is 8.59. The van der Waals surface area contributed by atoms with Crippen molar-refractivity contribution in [3.63, 3.8) is 0 Å². The molecule has 4 rings (SSSR count). The van der Waals surface area contributed by atoms with Crippen molar-refractivity contribution in [2.24, 2.45) is 0 Å². The molecule has 3 aromatic rings. The number of nitrogens with zero attached hydrogens (tertiary/aromatic N) is 3. The Kier molecular flexibility index (Phi) is 2.67. The van der Waals surface area contributed by atoms with Gasteiger partial charge in [-0.1, -0.05) is 11.8 Å². The van der Waals surface area contributed by atoms with Gasteiger partial charge in [-0.3, -0.25) is 0 Å². The molecule has 0 radical (unpaired) electrons. The number of nitrogens with two attached hydrogens (primary N) is 1. The van der Waals surface area contributed by atoms with E-state index in [0.717, 1.165) is 21.3 Å². The molecule has 5 heteroatoms. The molecule has 2 aromatic heterocycles. The van der Waals surface area contributed by atoms with Crippen LogP contribution in [0, 0.1) is 0 Å². The largest absolute Gasteiger partial charge is 0.399 e. The number of aromatic nitrogens is 3. The summed E-state index contributed by atoms with van der Waals surface area (Å²) < 4.78 is 1.94. The van der Waals surface area contributed by atoms with Crippen molar-refractivity contribution in [2.45, 2.75) is 28.7 Å². The van der Waals surface area contributed by atoms with Gasteiger partial charge in [0.05, 0.1) is 5.69 Å². The molecule has 1 aliphatic carbocycles. The average Bonchev–Trinajstić information content (AvgIpc) is 3.21. The highest BCUT2D eigenvalue weighted by Crippen LogP contribution is 2.40. The molecule has 20 heavy (non-hydrogen) atoms. The summed E-state index contributed by atoms with van der Waals surface area (Å²) in [4.78, 5) is 5.54. The molecule has 0 bridgehead atoms. The number of rotatable bonds is 3. The van der Waals surface area contributed by atoms with Crippen molar-refractivity contribution >= 4 is 23.1 Å². The number of benzene rings is 1. The van der Waals surface area contributed by atoms with E-state index in [1.165, 1.54) is 18.5 Å². The maximum absolute atomic E-state index is 5.72. The highest BCUT2D eigenvalue weighted by atomic mass is 32.2. The Hall–Kier alpha value is -2.01. The van der Waals surface area contributed by atoms with Crippen LogP contribution < -0.4 is 5.73 Å². The van der Waals surface area contributed by atoms with Gasteiger partial charge < -0.3 is 5.73 Å². The molecule has 0 aliphatic heterocycles. The van der Waals surface area contributed by atoms with Crippen molar-refractivity contribution < 1.29 is 0 Å². The Morgan fingerprint density at radius 3 is 2.70 bits per heavy atom. The summed E-state index contributed by atoms with van der Waals surface area (Å²) >= 11 is 1.68. The van der Waals surface area contributed by atoms with Crippen LogP contribution in [-0.2, 0) is 0 Å². The summed E-state index contributed by atoms with van der Waals surface area (Å²) in [5.74, 6) is 0.645. The van der Waals surface area contributed by atoms with E-state index in [1.807, 2.05) is 41.0 Å². The van der Waals surface area contributed by atoms with E-state index in [-0.39, 0.29) is 0 Å². The number of fused-ring (bicyclic) bond motifs is 1. The van der Waals surface area contributed by atoms with Gasteiger partial charge in [-0.2, -0.15) is 5.10 Å². The third-order valence-electron chi connectivity index (χ3n) is 3.44. The fraction of sp³-hybridized carbons (Fsp3) is 0.200. The number of hydrogen-bond donors (Lipinski definition) is 1. The van der Waals surface area contributed by atoms with E-state index >= 15 is 0 Å². The van der Waals surface area contributed by atoms with Gasteiger partial charge in [0, 0.05) is 28.8 Å². The molecule has 2 N–H and O–H groups in total. The fourth-order valence-electron chi connectivity index (χ4n) is 2.20. The minimum absolute atomic E-state index is 0.645. The minimum atomic E-state index is 0.645. The highest BCUT2D eigenvalue weighted by molar-refractivity contribution is 7.99. The second-order valence-corrected chi connectivity index (χ2v) is 6.16. The van der Waals surface area contributed by atoms with Crippen LogP contribution in [0.3, 0.4) is 0 Å². The van der Waals surface area contributed by atoms with Crippen molar-refractivity contribution in [3.8, 4) is 0 Å². The Bertz CT molecular complexity index is 759. The molecular weight excluding hydrogens is 268 g/mol. The number of hydrogen-bond acceptors (Lipinski definition) is 4. The second-order valence-electron chi connectivity index (χ2n) is 5.07. The zero-order valence-corrected chi connectivity index (χ0v) is 11.7. The molecule has 100 valence electrons. The summed E-state index contributed by atoms with van der Waals surface area (Å²) in [6.45, 7) is 0. The molecule has 0 unspecified atom stereocenters. The topological polar surface area (TPSA) is 56.2 Å². The van der Waals surface area contributed by atoms with Gasteiger partial charge >= 0.3 is 0 Å². The Morgan fingerprint density at radius 1 is 1.15 bits per heavy atom. The van der Waals surface area contributed by atoms with Crippen LogP contribution in [-0.4, -0.2) is 14.6 Å². The first-order valence-electron chi connectivity index (χ1n) is 6.68. The van der Waals surface area contributed by atoms with Gasteiger partial charge in [0.1, 0.15) is 5.03 Å². The molecule has 1 fully saturated rings. The van der Waals surface area contributed by atoms with E-state index < -0.39 is 0 Å². The van der Waals surface area contributed by atoms with Crippen LogP contribution in [0.2, 0.25) is 0 Å². The standard InChI is InChI=1S/C15H14N4S/c16-11-3-5-12(6-4-11)20-15-7-8-17-14-9-13(10-1-2-10)18-19(14)15/h3-10H,1-2,16H2. The molecule has 1 saturated carbocycles. The minimum Gasteiger partial charge on any atom is -0.399 e. The smallest absolute Gasteiger partial charge is 0.156 e. The van der Waals surface area contributed by atoms with Crippen LogP contribution in [0.25, 0.3) is 5.65 Å². The van der Waals surface area contributed by atoms with Crippen molar-refractivity contribution in [2.75, 3.05) is 5.73 Å². The van der Waals surface area contributed by atoms with Crippen LogP contribution in [0.4, 0.5) is 5.69 Å². The zero-order chi connectivity index (χ0) is 13.5. The monoisotopic (exact) mass is 282 g/mol. The molecule has 0 amide bonds. The van der Waals surface area contributed by atoms with Gasteiger partial charge in [-0.25, -0.2) is 9.50 Å². The van der Waals surface area contributed by atoms with Gasteiger partial charge in [-0.15, -0.1) is 0 Å². The van der Waals surface area contributed by atoms with E-state index in [9.17, 15) is 0 Å². The Morgan fingerprint density at radius 2 is 1.95 bits per heavy atom. The third-order valence-corrected chi connectivity index (χ3v) is 4.47. The summed E-state index contributed by atoms with van der Waals surface area (Å²) in [5, 5.41) is 5.77. The predicted octanol–water partition coefficient (Wildman–Crippen LogP) is 3.34. The molecule has 4 nitrogen and oxygen atoms in total. The van der Waals surface area contributed by atoms with Gasteiger partial charge in [0.15, 0.2) is 5.65 Å². The predicted molar refractivity (Wildman–Crippen MR) is 79.9 cm³/mol. The highest BCUT2D eigenvalue weighted by Gasteiger charge is 2.26. The average molecular weight is 282 g/mol. The first-order chi connectivity index (χ1) is 9.79. The Labute approximate surface area is 121 Å². The lowest BCUT2D eigenvalue weighted by Gasteiger charge is -2.04. The molecule has 1 aliphatic rings. The third kappa shape index (κ3) is 2.14. The lowest BCUT2D eigenvalue weighted by atomic mass is 10.3. The number of nitrogen functional groups attached to an aromatic ring is 1. The van der Waals surface area contributed by atoms with Crippen LogP contribution in [0.15, 0.2) is 52.5 Å². The van der Waals surface area contributed by atoms with E-state index in [0.29, 0.717) is 5.92 Å². The lowest BCUT2D eigenvalue weighted by molar-refractivity contribution is 0.810. The van der Waals surface area contributed by atoms with Crippen LogP contribution in [0.5, 0.6) is 0 Å². The van der Waals surface area contributed by atoms with Crippen molar-refractivity contribution in [1.82, 2.24) is 14.6 Å². The lowest BCUT2D eigenvalue weighted by Crippen LogP contribution is -1.94. The maximum atomic E-state index is 5.72. The Balaban J connectivity index is 1.73. The van der Waals surface area contributed by atoms with Crippen molar-refractivity contribution in [3.05, 3.63) is 48.3 Å².